The lowest BCUT2D eigenvalue weighted by molar-refractivity contribution is -0.231. The summed E-state index contributed by atoms with van der Waals surface area (Å²) >= 11 is 0. The molecule has 0 unspecified atom stereocenters. The first-order valence-corrected chi connectivity index (χ1v) is 9.90. The molecule has 3 rings (SSSR count). The first-order valence-electron chi connectivity index (χ1n) is 9.90. The van der Waals surface area contributed by atoms with Gasteiger partial charge in [0.2, 0.25) is 0 Å². The van der Waals surface area contributed by atoms with Gasteiger partial charge in [-0.15, -0.1) is 0 Å². The number of benzene rings is 2. The molecule has 8 nitrogen and oxygen atoms in total. The highest BCUT2D eigenvalue weighted by Gasteiger charge is 2.44. The number of nitrogens with zero attached hydrogens (tertiary/aromatic N) is 2. The molecule has 1 fully saturated rings. The number of oxime groups is 1. The first-order chi connectivity index (χ1) is 14.9. The zero-order chi connectivity index (χ0) is 22.5. The molecule has 0 spiro atoms. The third-order valence-corrected chi connectivity index (χ3v) is 5.47. The predicted octanol–water partition coefficient (Wildman–Crippen LogP) is 1.03. The van der Waals surface area contributed by atoms with Crippen LogP contribution in [0.1, 0.15) is 40.8 Å². The van der Waals surface area contributed by atoms with Gasteiger partial charge in [0, 0.05) is 0 Å². The van der Waals surface area contributed by atoms with Crippen molar-refractivity contribution in [2.45, 2.75) is 43.9 Å². The van der Waals surface area contributed by atoms with Crippen LogP contribution in [-0.2, 0) is 16.0 Å². The molecule has 1 aliphatic heterocycles. The maximum Gasteiger partial charge on any atom is 0.113 e. The average molecular weight is 426 g/mol. The quantitative estimate of drug-likeness (QED) is 0.400. The second kappa shape index (κ2) is 10.0. The molecule has 2 aromatic rings. The summed E-state index contributed by atoms with van der Waals surface area (Å²) in [5, 5.41) is 53.3. The zero-order valence-corrected chi connectivity index (χ0v) is 17.3. The maximum absolute atomic E-state index is 10.4. The lowest BCUT2D eigenvalue weighted by Gasteiger charge is -2.40. The van der Waals surface area contributed by atoms with Gasteiger partial charge in [0.05, 0.1) is 24.0 Å². The summed E-state index contributed by atoms with van der Waals surface area (Å²) in [5.74, 6) is 0. The molecular weight excluding hydrogens is 400 g/mol. The fraction of sp³-hybridized carbons (Fsp3) is 0.391. The van der Waals surface area contributed by atoms with Crippen molar-refractivity contribution in [2.75, 3.05) is 13.7 Å². The van der Waals surface area contributed by atoms with Gasteiger partial charge < -0.3 is 30.0 Å². The van der Waals surface area contributed by atoms with E-state index in [0.717, 1.165) is 22.4 Å². The van der Waals surface area contributed by atoms with Crippen molar-refractivity contribution in [2.24, 2.45) is 5.16 Å². The zero-order valence-electron chi connectivity index (χ0n) is 17.3. The number of rotatable bonds is 6. The van der Waals surface area contributed by atoms with Crippen molar-refractivity contribution in [3.63, 3.8) is 0 Å². The van der Waals surface area contributed by atoms with Gasteiger partial charge >= 0.3 is 0 Å². The Morgan fingerprint density at radius 2 is 1.81 bits per heavy atom. The van der Waals surface area contributed by atoms with Gasteiger partial charge in [0.1, 0.15) is 37.6 Å². The number of aliphatic hydroxyl groups is 4. The van der Waals surface area contributed by atoms with Crippen LogP contribution in [0.3, 0.4) is 0 Å². The molecule has 8 heteroatoms. The highest BCUT2D eigenvalue weighted by atomic mass is 16.6. The molecule has 5 atom stereocenters. The van der Waals surface area contributed by atoms with Crippen LogP contribution in [0.15, 0.2) is 47.6 Å². The highest BCUT2D eigenvalue weighted by Crippen LogP contribution is 2.33. The Bertz CT molecular complexity index is 967. The average Bonchev–Trinajstić information content (AvgIpc) is 2.78. The minimum Gasteiger partial charge on any atom is -0.399 e. The normalized spacial score (nSPS) is 26.4. The van der Waals surface area contributed by atoms with Crippen molar-refractivity contribution in [3.8, 4) is 6.07 Å². The molecule has 0 amide bonds. The minimum atomic E-state index is -1.46. The van der Waals surface area contributed by atoms with Crippen molar-refractivity contribution in [3.05, 3.63) is 70.3 Å². The number of ether oxygens (including phenoxy) is 1. The molecule has 164 valence electrons. The summed E-state index contributed by atoms with van der Waals surface area (Å²) in [7, 11) is 1.49. The summed E-state index contributed by atoms with van der Waals surface area (Å²) in [6.45, 7) is 1.35. The van der Waals surface area contributed by atoms with Gasteiger partial charge in [0.25, 0.3) is 0 Å². The van der Waals surface area contributed by atoms with Gasteiger partial charge in [-0.3, -0.25) is 0 Å². The molecule has 1 saturated heterocycles. The van der Waals surface area contributed by atoms with Crippen LogP contribution in [0.5, 0.6) is 0 Å². The number of nitriles is 1. The van der Waals surface area contributed by atoms with E-state index >= 15 is 0 Å². The molecule has 0 aliphatic carbocycles. The largest absolute Gasteiger partial charge is 0.399 e. The molecule has 0 saturated carbocycles. The minimum absolute atomic E-state index is 0.467. The second-order valence-corrected chi connectivity index (χ2v) is 7.51. The summed E-state index contributed by atoms with van der Waals surface area (Å²) in [5.41, 5.74) is 4.39. The van der Waals surface area contributed by atoms with Crippen molar-refractivity contribution >= 4 is 5.71 Å². The van der Waals surface area contributed by atoms with E-state index in [-0.39, 0.29) is 0 Å². The lowest BCUT2D eigenvalue weighted by Crippen LogP contribution is -2.55. The molecule has 1 heterocycles. The lowest BCUT2D eigenvalue weighted by atomic mass is 9.89. The maximum atomic E-state index is 10.4. The molecule has 4 N–H and O–H groups in total. The Kier molecular flexibility index (Phi) is 7.38. The summed E-state index contributed by atoms with van der Waals surface area (Å²) in [6, 6.07) is 14.9. The van der Waals surface area contributed by atoms with Crippen molar-refractivity contribution < 1.29 is 30.0 Å². The van der Waals surface area contributed by atoms with Crippen LogP contribution in [0, 0.1) is 11.3 Å². The highest BCUT2D eigenvalue weighted by molar-refractivity contribution is 5.98. The fourth-order valence-corrected chi connectivity index (χ4v) is 3.70. The number of hydrogen-bond donors (Lipinski definition) is 4. The Morgan fingerprint density at radius 3 is 2.42 bits per heavy atom. The van der Waals surface area contributed by atoms with Crippen molar-refractivity contribution in [1.82, 2.24) is 0 Å². The number of hydrogen-bond acceptors (Lipinski definition) is 8. The van der Waals surface area contributed by atoms with Gasteiger partial charge in [0.15, 0.2) is 0 Å². The molecule has 2 aromatic carbocycles. The van der Waals surface area contributed by atoms with Gasteiger partial charge in [-0.25, -0.2) is 0 Å². The Labute approximate surface area is 180 Å². The molecule has 0 radical (unpaired) electrons. The van der Waals surface area contributed by atoms with Crippen LogP contribution < -0.4 is 0 Å². The van der Waals surface area contributed by atoms with E-state index in [1.807, 2.05) is 31.2 Å². The third-order valence-electron chi connectivity index (χ3n) is 5.47. The summed E-state index contributed by atoms with van der Waals surface area (Å²) in [6.07, 6.45) is -5.72. The van der Waals surface area contributed by atoms with Gasteiger partial charge in [-0.2, -0.15) is 5.26 Å². The van der Waals surface area contributed by atoms with Gasteiger partial charge in [-0.1, -0.05) is 41.6 Å². The van der Waals surface area contributed by atoms with Crippen LogP contribution in [-0.4, -0.2) is 64.3 Å². The van der Waals surface area contributed by atoms with E-state index in [0.29, 0.717) is 17.5 Å². The SMILES string of the molecule is CON=C(C)c1ccc(Cc2cc([C@@H]3O[C@H](CO)[C@@H](O)[C@H](O)[C@H]3O)ccc2C#N)cc1. The Morgan fingerprint density at radius 1 is 1.10 bits per heavy atom. The standard InChI is InChI=1S/C23H26N2O6/c1-13(25-30-2)15-5-3-14(4-6-15)9-18-10-16(7-8-17(18)11-24)23-22(29)21(28)20(27)19(12-26)31-23/h3-8,10,19-23,26-29H,9,12H2,1-2H3/t19-,20-,21+,22-,23+/m1/s1. The van der Waals surface area contributed by atoms with Crippen molar-refractivity contribution in [1.29, 1.82) is 5.26 Å². The summed E-state index contributed by atoms with van der Waals surface area (Å²) in [4.78, 5) is 4.79. The Balaban J connectivity index is 1.88. The molecule has 0 bridgehead atoms. The van der Waals surface area contributed by atoms with E-state index in [4.69, 9.17) is 9.57 Å². The van der Waals surface area contributed by atoms with Gasteiger partial charge in [-0.05, 0) is 41.7 Å². The van der Waals surface area contributed by atoms with E-state index < -0.39 is 37.1 Å². The molecular formula is C23H26N2O6. The van der Waals surface area contributed by atoms with Crippen LogP contribution in [0.25, 0.3) is 0 Å². The number of aliphatic hydroxyl groups excluding tert-OH is 4. The van der Waals surface area contributed by atoms with E-state index in [2.05, 4.69) is 11.2 Å². The fourth-order valence-electron chi connectivity index (χ4n) is 3.70. The summed E-state index contributed by atoms with van der Waals surface area (Å²) < 4.78 is 5.64. The third kappa shape index (κ3) is 4.93. The van der Waals surface area contributed by atoms with E-state index in [1.54, 1.807) is 18.2 Å². The van der Waals surface area contributed by atoms with E-state index in [9.17, 15) is 25.7 Å². The molecule has 1 aliphatic rings. The van der Waals surface area contributed by atoms with Crippen LogP contribution in [0.2, 0.25) is 0 Å². The van der Waals surface area contributed by atoms with Crippen LogP contribution >= 0.6 is 0 Å². The van der Waals surface area contributed by atoms with Crippen LogP contribution in [0.4, 0.5) is 0 Å². The predicted molar refractivity (Wildman–Crippen MR) is 112 cm³/mol. The molecule has 0 aromatic heterocycles. The molecule has 31 heavy (non-hydrogen) atoms. The second-order valence-electron chi connectivity index (χ2n) is 7.51. The Hall–Kier alpha value is -2.80. The smallest absolute Gasteiger partial charge is 0.113 e. The van der Waals surface area contributed by atoms with E-state index in [1.165, 1.54) is 7.11 Å². The monoisotopic (exact) mass is 426 g/mol. The first kappa shape index (κ1) is 22.9. The topological polar surface area (TPSA) is 136 Å².